The van der Waals surface area contributed by atoms with Gasteiger partial charge in [-0.2, -0.15) is 0 Å². The first-order chi connectivity index (χ1) is 31.8. The molecule has 0 radical (unpaired) electrons. The Balaban J connectivity index is 1.04. The summed E-state index contributed by atoms with van der Waals surface area (Å²) in [6, 6.07) is 80.8. The van der Waals surface area contributed by atoms with Crippen molar-refractivity contribution < 1.29 is 0 Å². The van der Waals surface area contributed by atoms with E-state index >= 15 is 0 Å². The van der Waals surface area contributed by atoms with Gasteiger partial charge in [0.05, 0.1) is 34.0 Å². The molecule has 9 aromatic carbocycles. The van der Waals surface area contributed by atoms with Gasteiger partial charge in [-0.15, -0.1) is 0 Å². The Kier molecular flexibility index (Phi) is 7.41. The molecule has 2 aliphatic carbocycles. The van der Waals surface area contributed by atoms with Crippen LogP contribution in [0.2, 0.25) is 0 Å². The third kappa shape index (κ3) is 4.64. The van der Waals surface area contributed by atoms with Crippen LogP contribution in [-0.2, 0) is 5.41 Å². The molecule has 4 heteroatoms. The van der Waals surface area contributed by atoms with E-state index in [4.69, 9.17) is 4.98 Å². The minimum Gasteiger partial charge on any atom is -0.309 e. The lowest BCUT2D eigenvalue weighted by Crippen LogP contribution is -2.57. The number of nitrogens with zero attached hydrogens (tertiary/aromatic N) is 3. The number of pyridine rings is 1. The van der Waals surface area contributed by atoms with Crippen molar-refractivity contribution in [2.75, 3.05) is 4.90 Å². The Bertz CT molecular complexity index is 3660. The average molecular weight is 812 g/mol. The number of fused-ring (bicyclic) bond motifs is 16. The van der Waals surface area contributed by atoms with E-state index in [0.29, 0.717) is 0 Å². The van der Waals surface area contributed by atoms with E-state index in [0.717, 1.165) is 22.6 Å². The van der Waals surface area contributed by atoms with Crippen LogP contribution >= 0.6 is 0 Å². The maximum Gasteiger partial charge on any atom is 0.246 e. The van der Waals surface area contributed by atoms with Gasteiger partial charge in [0.15, 0.2) is 0 Å². The predicted octanol–water partition coefficient (Wildman–Crippen LogP) is 12.5. The van der Waals surface area contributed by atoms with Gasteiger partial charge in [0.1, 0.15) is 0 Å². The highest BCUT2D eigenvalue weighted by atomic mass is 15.2. The second-order valence-corrected chi connectivity index (χ2v) is 17.4. The van der Waals surface area contributed by atoms with Crippen LogP contribution in [0.1, 0.15) is 22.3 Å². The molecule has 0 amide bonds. The van der Waals surface area contributed by atoms with Gasteiger partial charge in [-0.05, 0) is 97.4 Å². The van der Waals surface area contributed by atoms with E-state index in [1.54, 1.807) is 0 Å². The lowest BCUT2D eigenvalue weighted by molar-refractivity contribution is 0.794. The molecule has 3 heterocycles. The zero-order valence-corrected chi connectivity index (χ0v) is 34.9. The number of rotatable bonds is 4. The number of para-hydroxylation sites is 3. The second kappa shape index (κ2) is 13.4. The summed E-state index contributed by atoms with van der Waals surface area (Å²) >= 11 is 0. The van der Waals surface area contributed by atoms with Crippen molar-refractivity contribution in [1.82, 2.24) is 9.55 Å². The number of aromatic nitrogens is 2. The third-order valence-corrected chi connectivity index (χ3v) is 14.3. The van der Waals surface area contributed by atoms with Crippen LogP contribution < -0.4 is 21.3 Å². The topological polar surface area (TPSA) is 21.1 Å². The lowest BCUT2D eigenvalue weighted by Gasteiger charge is -2.37. The monoisotopic (exact) mass is 811 g/mol. The van der Waals surface area contributed by atoms with Gasteiger partial charge in [-0.1, -0.05) is 187 Å². The molecule has 3 nitrogen and oxygen atoms in total. The van der Waals surface area contributed by atoms with Gasteiger partial charge in [0, 0.05) is 33.9 Å². The number of benzene rings is 9. The van der Waals surface area contributed by atoms with E-state index in [9.17, 15) is 0 Å². The molecule has 2 aromatic heterocycles. The molecule has 0 fully saturated rings. The van der Waals surface area contributed by atoms with Crippen molar-refractivity contribution in [3.63, 3.8) is 0 Å². The van der Waals surface area contributed by atoms with Gasteiger partial charge in [0.25, 0.3) is 0 Å². The van der Waals surface area contributed by atoms with E-state index in [1.807, 2.05) is 0 Å². The molecule has 1 aliphatic heterocycles. The first-order valence-corrected chi connectivity index (χ1v) is 22.2. The van der Waals surface area contributed by atoms with Gasteiger partial charge >= 0.3 is 0 Å². The molecule has 64 heavy (non-hydrogen) atoms. The average Bonchev–Trinajstić information content (AvgIpc) is 3.98. The molecule has 1 spiro atoms. The molecular weight excluding hydrogens is 773 g/mol. The first-order valence-electron chi connectivity index (χ1n) is 22.2. The van der Waals surface area contributed by atoms with Crippen molar-refractivity contribution in [1.29, 1.82) is 0 Å². The summed E-state index contributed by atoms with van der Waals surface area (Å²) < 4.78 is 2.43. The molecule has 0 saturated carbocycles. The van der Waals surface area contributed by atoms with Gasteiger partial charge in [0.2, 0.25) is 6.71 Å². The van der Waals surface area contributed by atoms with Crippen LogP contribution in [0.3, 0.4) is 0 Å². The first kappa shape index (κ1) is 35.4. The molecule has 0 saturated heterocycles. The van der Waals surface area contributed by atoms with E-state index in [-0.39, 0.29) is 6.71 Å². The Hall–Kier alpha value is -8.21. The summed E-state index contributed by atoms with van der Waals surface area (Å²) in [5.41, 5.74) is 23.1. The Morgan fingerprint density at radius 1 is 0.422 bits per heavy atom. The van der Waals surface area contributed by atoms with Gasteiger partial charge in [-0.25, -0.2) is 0 Å². The molecular formula is C60H38BN3. The van der Waals surface area contributed by atoms with Crippen LogP contribution in [0.25, 0.3) is 60.9 Å². The standard InChI is InChI=1S/C60H38BN3/c1-3-18-40(19-4-1)61-52-31-14-16-33-55(52)64(59-53(61)34-35-56-58(59)47-25-10-15-32-54(47)63(56)41-20-5-2-6-21-41)42-36-39(37-62-38-42)43-26-17-30-51-57(43)46-24-9-13-29-50(46)60(51)48-27-11-7-22-44(48)45-23-8-12-28-49(45)60/h1-38H. The van der Waals surface area contributed by atoms with Crippen LogP contribution in [0.4, 0.5) is 17.1 Å². The van der Waals surface area contributed by atoms with E-state index in [1.165, 1.54) is 94.0 Å². The highest BCUT2D eigenvalue weighted by Crippen LogP contribution is 2.64. The molecule has 0 atom stereocenters. The minimum atomic E-state index is -0.421. The van der Waals surface area contributed by atoms with Crippen molar-refractivity contribution >= 4 is 62.0 Å². The summed E-state index contributed by atoms with van der Waals surface area (Å²) in [4.78, 5) is 7.66. The number of hydrogen-bond acceptors (Lipinski definition) is 2. The smallest absolute Gasteiger partial charge is 0.246 e. The fraction of sp³-hybridized carbons (Fsp3) is 0.0167. The zero-order valence-electron chi connectivity index (χ0n) is 34.9. The van der Waals surface area contributed by atoms with Crippen LogP contribution in [-0.4, -0.2) is 16.3 Å². The molecule has 296 valence electrons. The van der Waals surface area contributed by atoms with Gasteiger partial charge in [-0.3, -0.25) is 4.98 Å². The molecule has 14 rings (SSSR count). The lowest BCUT2D eigenvalue weighted by atomic mass is 9.35. The van der Waals surface area contributed by atoms with Crippen molar-refractivity contribution in [3.8, 4) is 39.1 Å². The van der Waals surface area contributed by atoms with Crippen molar-refractivity contribution in [3.05, 3.63) is 253 Å². The second-order valence-electron chi connectivity index (χ2n) is 17.4. The quantitative estimate of drug-likeness (QED) is 0.165. The molecule has 0 unspecified atom stereocenters. The zero-order chi connectivity index (χ0) is 41.9. The minimum absolute atomic E-state index is 0.0327. The largest absolute Gasteiger partial charge is 0.309 e. The summed E-state index contributed by atoms with van der Waals surface area (Å²) in [7, 11) is 0. The Labute approximate surface area is 372 Å². The maximum atomic E-state index is 5.15. The normalized spacial score (nSPS) is 13.7. The molecule has 0 bridgehead atoms. The van der Waals surface area contributed by atoms with Crippen LogP contribution in [0.5, 0.6) is 0 Å². The predicted molar refractivity (Wildman–Crippen MR) is 266 cm³/mol. The third-order valence-electron chi connectivity index (χ3n) is 14.3. The SMILES string of the molecule is c1ccc(B2c3ccccc3N(c3cncc(-c4cccc5c4-c4ccccc4C54c5ccccc5-c5ccccc54)c3)c3c2ccc2c3c3ccccc3n2-c2ccccc2)cc1. The molecule has 3 aliphatic rings. The summed E-state index contributed by atoms with van der Waals surface area (Å²) in [5, 5.41) is 2.45. The number of hydrogen-bond donors (Lipinski definition) is 0. The Morgan fingerprint density at radius 2 is 1.03 bits per heavy atom. The van der Waals surface area contributed by atoms with Crippen molar-refractivity contribution in [2.45, 2.75) is 5.41 Å². The summed E-state index contributed by atoms with van der Waals surface area (Å²) in [6.07, 6.45) is 4.12. The molecule has 11 aromatic rings. The highest BCUT2D eigenvalue weighted by molar-refractivity contribution is 6.98. The Morgan fingerprint density at radius 3 is 1.81 bits per heavy atom. The van der Waals surface area contributed by atoms with E-state index < -0.39 is 5.41 Å². The van der Waals surface area contributed by atoms with Crippen LogP contribution in [0.15, 0.2) is 231 Å². The van der Waals surface area contributed by atoms with Crippen LogP contribution in [0, 0.1) is 0 Å². The van der Waals surface area contributed by atoms with Crippen molar-refractivity contribution in [2.24, 2.45) is 0 Å². The highest BCUT2D eigenvalue weighted by Gasteiger charge is 2.52. The maximum absolute atomic E-state index is 5.15. The molecule has 0 N–H and O–H groups in total. The van der Waals surface area contributed by atoms with E-state index in [2.05, 4.69) is 240 Å². The van der Waals surface area contributed by atoms with Gasteiger partial charge < -0.3 is 9.47 Å². The fourth-order valence-electron chi connectivity index (χ4n) is 12.0. The summed E-state index contributed by atoms with van der Waals surface area (Å²) in [6.45, 7) is 0.0327. The number of anilines is 3. The fourth-order valence-corrected chi connectivity index (χ4v) is 12.0. The summed E-state index contributed by atoms with van der Waals surface area (Å²) in [5.74, 6) is 0.